The van der Waals surface area contributed by atoms with E-state index in [0.717, 1.165) is 35.9 Å². The van der Waals surface area contributed by atoms with Crippen LogP contribution in [0, 0.1) is 5.82 Å². The molecule has 8 nitrogen and oxygen atoms in total. The van der Waals surface area contributed by atoms with Gasteiger partial charge in [0.2, 0.25) is 5.91 Å². The van der Waals surface area contributed by atoms with E-state index < -0.39 is 23.3 Å². The zero-order valence-corrected chi connectivity index (χ0v) is 18.3. The predicted molar refractivity (Wildman–Crippen MR) is 114 cm³/mol. The minimum Gasteiger partial charge on any atom is -0.379 e. The fourth-order valence-electron chi connectivity index (χ4n) is 4.42. The van der Waals surface area contributed by atoms with Crippen molar-refractivity contribution in [2.24, 2.45) is 0 Å². The van der Waals surface area contributed by atoms with Crippen molar-refractivity contribution >= 4 is 29.6 Å². The van der Waals surface area contributed by atoms with Crippen molar-refractivity contribution in [1.29, 1.82) is 0 Å². The molecule has 0 aromatic heterocycles. The maximum absolute atomic E-state index is 13.3. The molecule has 4 rings (SSSR count). The number of morpholine rings is 1. The summed E-state index contributed by atoms with van der Waals surface area (Å²) in [5.74, 6) is 0.629. The lowest BCUT2D eigenvalue weighted by molar-refractivity contribution is -0.135. The fraction of sp³-hybridized carbons (Fsp3) is 0.571. The first kappa shape index (κ1) is 22.0. The van der Waals surface area contributed by atoms with Gasteiger partial charge in [-0.15, -0.1) is 0 Å². The van der Waals surface area contributed by atoms with E-state index in [1.54, 1.807) is 6.92 Å². The summed E-state index contributed by atoms with van der Waals surface area (Å²) in [7, 11) is 0. The first-order valence-corrected chi connectivity index (χ1v) is 11.6. The molecule has 0 saturated carbocycles. The Morgan fingerprint density at radius 1 is 1.26 bits per heavy atom. The number of halogens is 1. The van der Waals surface area contributed by atoms with Crippen LogP contribution in [0.5, 0.6) is 0 Å². The van der Waals surface area contributed by atoms with E-state index in [1.807, 2.05) is 11.8 Å². The van der Waals surface area contributed by atoms with Crippen LogP contribution < -0.4 is 10.6 Å². The zero-order valence-electron chi connectivity index (χ0n) is 17.5. The highest BCUT2D eigenvalue weighted by molar-refractivity contribution is 7.99. The highest BCUT2D eigenvalue weighted by Crippen LogP contribution is 2.34. The number of hydrogen-bond donors (Lipinski definition) is 2. The monoisotopic (exact) mass is 450 g/mol. The Kier molecular flexibility index (Phi) is 6.23. The van der Waals surface area contributed by atoms with Gasteiger partial charge < -0.3 is 15.4 Å². The third kappa shape index (κ3) is 4.28. The van der Waals surface area contributed by atoms with Crippen molar-refractivity contribution in [2.75, 3.05) is 50.9 Å². The van der Waals surface area contributed by atoms with E-state index in [0.29, 0.717) is 25.3 Å². The third-order valence-electron chi connectivity index (χ3n) is 6.38. The van der Waals surface area contributed by atoms with E-state index in [4.69, 9.17) is 4.74 Å². The number of thioether (sulfide) groups is 1. The Hall–Kier alpha value is -2.17. The van der Waals surface area contributed by atoms with Crippen molar-refractivity contribution in [3.05, 3.63) is 35.6 Å². The molecule has 3 fully saturated rings. The second-order valence-corrected chi connectivity index (χ2v) is 9.46. The number of carbonyl (C=O) groups excluding carboxylic acids is 3. The average molecular weight is 451 g/mol. The van der Waals surface area contributed by atoms with Gasteiger partial charge in [-0.25, -0.2) is 9.18 Å². The van der Waals surface area contributed by atoms with Crippen LogP contribution in [0.3, 0.4) is 0 Å². The van der Waals surface area contributed by atoms with Crippen LogP contribution in [-0.2, 0) is 19.9 Å². The maximum Gasteiger partial charge on any atom is 0.325 e. The lowest BCUT2D eigenvalue weighted by Crippen LogP contribution is -2.59. The summed E-state index contributed by atoms with van der Waals surface area (Å²) in [6.45, 7) is 4.71. The van der Waals surface area contributed by atoms with Crippen LogP contribution in [0.15, 0.2) is 24.3 Å². The summed E-state index contributed by atoms with van der Waals surface area (Å²) < 4.78 is 18.7. The molecule has 2 unspecified atom stereocenters. The molecule has 1 aromatic rings. The Balaban J connectivity index is 1.39. The molecule has 0 aliphatic carbocycles. The zero-order chi connectivity index (χ0) is 22.1. The van der Waals surface area contributed by atoms with Gasteiger partial charge in [0.05, 0.1) is 13.2 Å². The van der Waals surface area contributed by atoms with Crippen molar-refractivity contribution in [3.63, 3.8) is 0 Å². The standard InChI is InChI=1S/C21H27FN4O4S/c1-20(15-2-4-16(22)5-3-15)18(28)26(19(29)24-20)12-17(27)23-13-21(6-11-31-14-21)25-7-9-30-10-8-25/h2-5H,6-14H2,1H3,(H,23,27)(H,24,29). The molecule has 1 aromatic carbocycles. The molecular weight excluding hydrogens is 423 g/mol. The number of benzene rings is 1. The molecule has 0 bridgehead atoms. The molecule has 4 amide bonds. The van der Waals surface area contributed by atoms with Crippen molar-refractivity contribution < 1.29 is 23.5 Å². The average Bonchev–Trinajstić information content (AvgIpc) is 3.34. The first-order chi connectivity index (χ1) is 14.8. The van der Waals surface area contributed by atoms with E-state index in [-0.39, 0.29) is 18.0 Å². The summed E-state index contributed by atoms with van der Waals surface area (Å²) in [6, 6.07) is 4.76. The van der Waals surface area contributed by atoms with Crippen LogP contribution in [0.1, 0.15) is 18.9 Å². The van der Waals surface area contributed by atoms with E-state index in [1.165, 1.54) is 24.3 Å². The quantitative estimate of drug-likeness (QED) is 0.627. The van der Waals surface area contributed by atoms with Gasteiger partial charge in [-0.3, -0.25) is 19.4 Å². The predicted octanol–water partition coefficient (Wildman–Crippen LogP) is 0.917. The molecule has 3 saturated heterocycles. The van der Waals surface area contributed by atoms with Crippen LogP contribution in [0.25, 0.3) is 0 Å². The van der Waals surface area contributed by atoms with Crippen LogP contribution in [0.2, 0.25) is 0 Å². The molecule has 168 valence electrons. The van der Waals surface area contributed by atoms with Crippen molar-refractivity contribution in [1.82, 2.24) is 20.4 Å². The lowest BCUT2D eigenvalue weighted by atomic mass is 9.92. The minimum absolute atomic E-state index is 0.121. The fourth-order valence-corrected chi connectivity index (χ4v) is 5.89. The van der Waals surface area contributed by atoms with Gasteiger partial charge in [-0.05, 0) is 36.8 Å². The summed E-state index contributed by atoms with van der Waals surface area (Å²) in [4.78, 5) is 41.4. The van der Waals surface area contributed by atoms with Crippen LogP contribution >= 0.6 is 11.8 Å². The number of nitrogens with one attached hydrogen (secondary N) is 2. The Morgan fingerprint density at radius 3 is 2.61 bits per heavy atom. The number of hydrogen-bond acceptors (Lipinski definition) is 6. The number of urea groups is 1. The normalized spacial score (nSPS) is 29.3. The van der Waals surface area contributed by atoms with E-state index in [2.05, 4.69) is 15.5 Å². The molecule has 3 heterocycles. The summed E-state index contributed by atoms with van der Waals surface area (Å²) >= 11 is 1.87. The van der Waals surface area contributed by atoms with Gasteiger partial charge >= 0.3 is 6.03 Å². The molecule has 0 spiro atoms. The third-order valence-corrected chi connectivity index (χ3v) is 7.61. The Morgan fingerprint density at radius 2 is 1.97 bits per heavy atom. The van der Waals surface area contributed by atoms with Gasteiger partial charge in [-0.1, -0.05) is 12.1 Å². The van der Waals surface area contributed by atoms with Gasteiger partial charge in [0.1, 0.15) is 17.9 Å². The minimum atomic E-state index is -1.33. The summed E-state index contributed by atoms with van der Waals surface area (Å²) in [6.07, 6.45) is 0.976. The molecular formula is C21H27FN4O4S. The number of rotatable bonds is 6. The van der Waals surface area contributed by atoms with Crippen LogP contribution in [0.4, 0.5) is 9.18 Å². The van der Waals surface area contributed by atoms with E-state index in [9.17, 15) is 18.8 Å². The molecule has 2 atom stereocenters. The number of amides is 4. The molecule has 3 aliphatic rings. The molecule has 2 N–H and O–H groups in total. The molecule has 10 heteroatoms. The summed E-state index contributed by atoms with van der Waals surface area (Å²) in [5.41, 5.74) is -0.990. The number of carbonyl (C=O) groups is 3. The largest absolute Gasteiger partial charge is 0.379 e. The van der Waals surface area contributed by atoms with Crippen LogP contribution in [-0.4, -0.2) is 84.1 Å². The second kappa shape index (κ2) is 8.76. The van der Waals surface area contributed by atoms with Gasteiger partial charge in [0.25, 0.3) is 5.91 Å². The summed E-state index contributed by atoms with van der Waals surface area (Å²) in [5, 5.41) is 5.58. The maximum atomic E-state index is 13.3. The number of imide groups is 1. The van der Waals surface area contributed by atoms with Gasteiger partial charge in [0, 0.05) is 30.9 Å². The lowest BCUT2D eigenvalue weighted by Gasteiger charge is -2.43. The topological polar surface area (TPSA) is 91.0 Å². The molecule has 0 radical (unpaired) electrons. The highest BCUT2D eigenvalue weighted by atomic mass is 32.2. The SMILES string of the molecule is CC1(c2ccc(F)cc2)NC(=O)N(CC(=O)NCC2(N3CCOCC3)CCSC2)C1=O. The van der Waals surface area contributed by atoms with E-state index >= 15 is 0 Å². The molecule has 3 aliphatic heterocycles. The Bertz CT molecular complexity index is 855. The smallest absolute Gasteiger partial charge is 0.325 e. The first-order valence-electron chi connectivity index (χ1n) is 10.4. The van der Waals surface area contributed by atoms with Gasteiger partial charge in [0.15, 0.2) is 0 Å². The van der Waals surface area contributed by atoms with Crippen molar-refractivity contribution in [2.45, 2.75) is 24.4 Å². The van der Waals surface area contributed by atoms with Crippen molar-refractivity contribution in [3.8, 4) is 0 Å². The van der Waals surface area contributed by atoms with Gasteiger partial charge in [-0.2, -0.15) is 11.8 Å². The number of ether oxygens (including phenoxy) is 1. The number of nitrogens with zero attached hydrogens (tertiary/aromatic N) is 2. The highest BCUT2D eigenvalue weighted by Gasteiger charge is 2.49. The molecule has 31 heavy (non-hydrogen) atoms. The Labute approximate surface area is 184 Å². The second-order valence-electron chi connectivity index (χ2n) is 8.36.